The van der Waals surface area contributed by atoms with E-state index in [0.29, 0.717) is 11.5 Å². The first-order valence-electron chi connectivity index (χ1n) is 8.66. The van der Waals surface area contributed by atoms with Gasteiger partial charge in [0.1, 0.15) is 0 Å². The highest BCUT2D eigenvalue weighted by molar-refractivity contribution is 5.33. The molecule has 0 unspecified atom stereocenters. The maximum atomic E-state index is 13.8. The van der Waals surface area contributed by atoms with Crippen LogP contribution in [-0.4, -0.2) is 6.36 Å². The number of ether oxygens (including phenoxy) is 1. The molecule has 1 aliphatic carbocycles. The minimum absolute atomic E-state index is 0.0178. The van der Waals surface area contributed by atoms with E-state index in [1.54, 1.807) is 0 Å². The van der Waals surface area contributed by atoms with Crippen molar-refractivity contribution in [3.63, 3.8) is 0 Å². The molecule has 0 atom stereocenters. The normalized spacial score (nSPS) is 21.7. The van der Waals surface area contributed by atoms with Gasteiger partial charge in [-0.05, 0) is 75.0 Å². The number of halogens is 5. The molecule has 0 heterocycles. The summed E-state index contributed by atoms with van der Waals surface area (Å²) in [6.45, 7) is 1.99. The molecule has 1 nitrogen and oxygen atoms in total. The van der Waals surface area contributed by atoms with E-state index in [9.17, 15) is 22.0 Å². The molecule has 1 fully saturated rings. The summed E-state index contributed by atoms with van der Waals surface area (Å²) >= 11 is 0. The van der Waals surface area contributed by atoms with Crippen LogP contribution in [0.3, 0.4) is 0 Å². The Balaban J connectivity index is 1.95. The summed E-state index contributed by atoms with van der Waals surface area (Å²) in [5.74, 6) is -3.39. The van der Waals surface area contributed by atoms with Crippen molar-refractivity contribution in [2.75, 3.05) is 0 Å². The Morgan fingerprint density at radius 2 is 1.68 bits per heavy atom. The molecule has 2 rings (SSSR count). The van der Waals surface area contributed by atoms with Gasteiger partial charge in [-0.1, -0.05) is 18.6 Å². The highest BCUT2D eigenvalue weighted by atomic mass is 19.4. The molecule has 6 heteroatoms. The van der Waals surface area contributed by atoms with Gasteiger partial charge < -0.3 is 4.74 Å². The molecule has 140 valence electrons. The lowest BCUT2D eigenvalue weighted by Crippen LogP contribution is -2.19. The Kier molecular flexibility index (Phi) is 6.85. The van der Waals surface area contributed by atoms with Gasteiger partial charge in [-0.15, -0.1) is 13.2 Å². The van der Waals surface area contributed by atoms with E-state index in [2.05, 4.69) is 10.8 Å². The number of benzene rings is 1. The fourth-order valence-electron chi connectivity index (χ4n) is 3.50. The SMILES string of the molecule is C/C=C/CCC[C@H]1CC[C@H](c2cc(F)c(OC(F)(F)F)c(F)c2)CC1. The van der Waals surface area contributed by atoms with E-state index >= 15 is 0 Å². The summed E-state index contributed by atoms with van der Waals surface area (Å²) in [6, 6.07) is 1.95. The van der Waals surface area contributed by atoms with Crippen LogP contribution >= 0.6 is 0 Å². The zero-order chi connectivity index (χ0) is 18.4. The number of rotatable bonds is 6. The fraction of sp³-hybridized carbons (Fsp3) is 0.579. The van der Waals surface area contributed by atoms with Crippen molar-refractivity contribution in [1.29, 1.82) is 0 Å². The molecule has 0 spiro atoms. The fourth-order valence-corrected chi connectivity index (χ4v) is 3.50. The van der Waals surface area contributed by atoms with Crippen LogP contribution in [0.1, 0.15) is 63.4 Å². The van der Waals surface area contributed by atoms with Gasteiger partial charge in [-0.3, -0.25) is 0 Å². The predicted molar refractivity (Wildman–Crippen MR) is 86.4 cm³/mol. The monoisotopic (exact) mass is 362 g/mol. The number of alkyl halides is 3. The van der Waals surface area contributed by atoms with Crippen LogP contribution in [-0.2, 0) is 0 Å². The highest BCUT2D eigenvalue weighted by Crippen LogP contribution is 2.40. The molecule has 25 heavy (non-hydrogen) atoms. The zero-order valence-electron chi connectivity index (χ0n) is 14.2. The van der Waals surface area contributed by atoms with E-state index in [4.69, 9.17) is 0 Å². The summed E-state index contributed by atoms with van der Waals surface area (Å²) in [5.41, 5.74) is 0.414. The largest absolute Gasteiger partial charge is 0.573 e. The van der Waals surface area contributed by atoms with E-state index < -0.39 is 23.7 Å². The Morgan fingerprint density at radius 3 is 2.20 bits per heavy atom. The van der Waals surface area contributed by atoms with Crippen molar-refractivity contribution in [3.05, 3.63) is 41.5 Å². The molecule has 1 aromatic rings. The van der Waals surface area contributed by atoms with Gasteiger partial charge >= 0.3 is 6.36 Å². The summed E-state index contributed by atoms with van der Waals surface area (Å²) in [4.78, 5) is 0. The van der Waals surface area contributed by atoms with Crippen molar-refractivity contribution in [3.8, 4) is 5.75 Å². The molecule has 1 aromatic carbocycles. The maximum Gasteiger partial charge on any atom is 0.573 e. The van der Waals surface area contributed by atoms with Crippen molar-refractivity contribution in [2.45, 2.75) is 64.1 Å². The lowest BCUT2D eigenvalue weighted by atomic mass is 9.77. The summed E-state index contributed by atoms with van der Waals surface area (Å²) in [7, 11) is 0. The second kappa shape index (κ2) is 8.68. The van der Waals surface area contributed by atoms with Gasteiger partial charge in [-0.25, -0.2) is 8.78 Å². The third kappa shape index (κ3) is 6.01. The first-order valence-corrected chi connectivity index (χ1v) is 8.66. The van der Waals surface area contributed by atoms with Crippen LogP contribution in [0.4, 0.5) is 22.0 Å². The van der Waals surface area contributed by atoms with Crippen LogP contribution in [0.25, 0.3) is 0 Å². The number of unbranched alkanes of at least 4 members (excludes halogenated alkanes) is 1. The molecule has 0 aromatic heterocycles. The minimum Gasteiger partial charge on any atom is -0.399 e. The Labute approximate surface area is 144 Å². The van der Waals surface area contributed by atoms with Gasteiger partial charge in [0.05, 0.1) is 0 Å². The first-order chi connectivity index (χ1) is 11.8. The second-order valence-corrected chi connectivity index (χ2v) is 6.58. The van der Waals surface area contributed by atoms with Crippen molar-refractivity contribution < 1.29 is 26.7 Å². The van der Waals surface area contributed by atoms with Crippen LogP contribution in [0.15, 0.2) is 24.3 Å². The lowest BCUT2D eigenvalue weighted by Gasteiger charge is -2.29. The molecule has 0 N–H and O–H groups in total. The molecule has 0 aliphatic heterocycles. The van der Waals surface area contributed by atoms with Crippen LogP contribution in [0.5, 0.6) is 5.75 Å². The van der Waals surface area contributed by atoms with Crippen LogP contribution in [0.2, 0.25) is 0 Å². The van der Waals surface area contributed by atoms with Gasteiger partial charge in [0.15, 0.2) is 11.6 Å². The van der Waals surface area contributed by atoms with Crippen molar-refractivity contribution in [2.24, 2.45) is 5.92 Å². The quantitative estimate of drug-likeness (QED) is 0.304. The Morgan fingerprint density at radius 1 is 1.08 bits per heavy atom. The van der Waals surface area contributed by atoms with Crippen molar-refractivity contribution in [1.82, 2.24) is 0 Å². The van der Waals surface area contributed by atoms with Crippen LogP contribution in [0, 0.1) is 17.6 Å². The smallest absolute Gasteiger partial charge is 0.399 e. The van der Waals surface area contributed by atoms with E-state index in [-0.39, 0.29) is 5.92 Å². The first kappa shape index (κ1) is 19.7. The molecule has 0 radical (unpaired) electrons. The topological polar surface area (TPSA) is 9.23 Å². The maximum absolute atomic E-state index is 13.8. The van der Waals surface area contributed by atoms with Crippen LogP contribution < -0.4 is 4.74 Å². The molecule has 0 bridgehead atoms. The van der Waals surface area contributed by atoms with Gasteiger partial charge in [0.2, 0.25) is 5.75 Å². The number of hydrogen-bond acceptors (Lipinski definition) is 1. The summed E-state index contributed by atoms with van der Waals surface area (Å²) in [6.07, 6.45) is 5.94. The molecule has 1 saturated carbocycles. The van der Waals surface area contributed by atoms with E-state index in [1.807, 2.05) is 13.0 Å². The minimum atomic E-state index is -5.12. The lowest BCUT2D eigenvalue weighted by molar-refractivity contribution is -0.276. The average molecular weight is 362 g/mol. The third-order valence-electron chi connectivity index (χ3n) is 4.78. The summed E-state index contributed by atoms with van der Waals surface area (Å²) in [5, 5.41) is 0. The number of allylic oxidation sites excluding steroid dienone is 2. The summed E-state index contributed by atoms with van der Waals surface area (Å²) < 4.78 is 67.7. The molecule has 0 saturated heterocycles. The van der Waals surface area contributed by atoms with E-state index in [1.165, 1.54) is 0 Å². The van der Waals surface area contributed by atoms with Crippen molar-refractivity contribution >= 4 is 0 Å². The highest BCUT2D eigenvalue weighted by Gasteiger charge is 2.34. The predicted octanol–water partition coefficient (Wildman–Crippen LogP) is 6.88. The molecular formula is C19H23F5O. The molecular weight excluding hydrogens is 339 g/mol. The number of hydrogen-bond donors (Lipinski definition) is 0. The second-order valence-electron chi connectivity index (χ2n) is 6.58. The van der Waals surface area contributed by atoms with Gasteiger partial charge in [0, 0.05) is 0 Å². The third-order valence-corrected chi connectivity index (χ3v) is 4.78. The zero-order valence-corrected chi connectivity index (χ0v) is 14.2. The van der Waals surface area contributed by atoms with Gasteiger partial charge in [0.25, 0.3) is 0 Å². The Hall–Kier alpha value is -1.59. The molecule has 0 amide bonds. The average Bonchev–Trinajstić information content (AvgIpc) is 2.54. The van der Waals surface area contributed by atoms with E-state index in [0.717, 1.165) is 57.1 Å². The molecule has 1 aliphatic rings. The standard InChI is InChI=1S/C19H23F5O/c1-2-3-4-5-6-13-7-9-14(10-8-13)15-11-16(20)18(17(21)12-15)25-19(22,23)24/h2-3,11-14H,4-10H2,1H3/b3-2+/t13-,14-. The Bertz CT molecular complexity index is 563. The van der Waals surface area contributed by atoms with Gasteiger partial charge in [-0.2, -0.15) is 0 Å².